The van der Waals surface area contributed by atoms with E-state index >= 15 is 0 Å². The van der Waals surface area contributed by atoms with E-state index in [1.165, 1.54) is 0 Å². The summed E-state index contributed by atoms with van der Waals surface area (Å²) in [5, 5.41) is 0. The Balaban J connectivity index is 1.78. The summed E-state index contributed by atoms with van der Waals surface area (Å²) >= 11 is 0. The van der Waals surface area contributed by atoms with Crippen LogP contribution in [0.15, 0.2) is 48.5 Å². The van der Waals surface area contributed by atoms with Crippen LogP contribution in [0.4, 0.5) is 0 Å². The number of ketones is 1. The highest BCUT2D eigenvalue weighted by molar-refractivity contribution is 6.15. The van der Waals surface area contributed by atoms with E-state index < -0.39 is 0 Å². The van der Waals surface area contributed by atoms with Crippen LogP contribution in [0.25, 0.3) is 0 Å². The third-order valence-electron chi connectivity index (χ3n) is 5.09. The maximum Gasteiger partial charge on any atom is 0.254 e. The topological polar surface area (TPSA) is 57.7 Å². The zero-order chi connectivity index (χ0) is 20.3. The first-order valence-electron chi connectivity index (χ1n) is 9.67. The molecule has 0 aromatic heterocycles. The summed E-state index contributed by atoms with van der Waals surface area (Å²) in [4.78, 5) is 41.7. The van der Waals surface area contributed by atoms with Crippen molar-refractivity contribution >= 4 is 17.6 Å². The van der Waals surface area contributed by atoms with Gasteiger partial charge in [0.1, 0.15) is 0 Å². The van der Waals surface area contributed by atoms with Gasteiger partial charge in [-0.1, -0.05) is 61.9 Å². The minimum Gasteiger partial charge on any atom is -0.339 e. The quantitative estimate of drug-likeness (QED) is 0.768. The molecule has 5 heteroatoms. The number of piperazine rings is 1. The van der Waals surface area contributed by atoms with Crippen molar-refractivity contribution in [2.45, 2.75) is 20.8 Å². The van der Waals surface area contributed by atoms with Crippen molar-refractivity contribution in [1.82, 2.24) is 9.80 Å². The van der Waals surface area contributed by atoms with Crippen LogP contribution >= 0.6 is 0 Å². The molecule has 2 aromatic carbocycles. The number of nitrogens with zero attached hydrogens (tertiary/aromatic N) is 2. The van der Waals surface area contributed by atoms with E-state index in [1.54, 1.807) is 46.2 Å². The molecular weight excluding hydrogens is 352 g/mol. The molecule has 0 atom stereocenters. The van der Waals surface area contributed by atoms with E-state index in [4.69, 9.17) is 0 Å². The van der Waals surface area contributed by atoms with E-state index in [2.05, 4.69) is 0 Å². The average molecular weight is 378 g/mol. The number of carbonyl (C=O) groups excluding carboxylic acids is 3. The van der Waals surface area contributed by atoms with Gasteiger partial charge in [0.15, 0.2) is 5.78 Å². The summed E-state index contributed by atoms with van der Waals surface area (Å²) < 4.78 is 0. The summed E-state index contributed by atoms with van der Waals surface area (Å²) in [5.74, 6) is -0.248. The lowest BCUT2D eigenvalue weighted by Crippen LogP contribution is -2.51. The summed E-state index contributed by atoms with van der Waals surface area (Å²) in [6.45, 7) is 7.73. The number of amides is 2. The van der Waals surface area contributed by atoms with Crippen molar-refractivity contribution in [3.63, 3.8) is 0 Å². The molecule has 5 nitrogen and oxygen atoms in total. The molecule has 146 valence electrons. The van der Waals surface area contributed by atoms with Crippen LogP contribution in [-0.4, -0.2) is 53.6 Å². The Bertz CT molecular complexity index is 879. The molecule has 1 heterocycles. The molecule has 0 bridgehead atoms. The van der Waals surface area contributed by atoms with E-state index in [0.717, 1.165) is 5.56 Å². The Labute approximate surface area is 166 Å². The molecule has 1 saturated heterocycles. The number of rotatable bonds is 4. The fourth-order valence-electron chi connectivity index (χ4n) is 3.39. The van der Waals surface area contributed by atoms with Gasteiger partial charge in [0.2, 0.25) is 5.91 Å². The third kappa shape index (κ3) is 4.14. The smallest absolute Gasteiger partial charge is 0.254 e. The molecule has 0 radical (unpaired) electrons. The molecule has 0 aliphatic carbocycles. The maximum atomic E-state index is 13.1. The first kappa shape index (κ1) is 19.8. The van der Waals surface area contributed by atoms with E-state index in [0.29, 0.717) is 42.9 Å². The summed E-state index contributed by atoms with van der Waals surface area (Å²) in [5.41, 5.74) is 2.47. The van der Waals surface area contributed by atoms with Crippen LogP contribution in [0.2, 0.25) is 0 Å². The Morgan fingerprint density at radius 1 is 0.786 bits per heavy atom. The van der Waals surface area contributed by atoms with Crippen LogP contribution < -0.4 is 0 Å². The molecule has 28 heavy (non-hydrogen) atoms. The SMILES string of the molecule is Cc1ccc(C(=O)c2ccccc2C(=O)N2CCN(C(=O)C(C)C)CC2)cc1. The first-order valence-corrected chi connectivity index (χ1v) is 9.67. The lowest BCUT2D eigenvalue weighted by atomic mass is 9.97. The number of hydrogen-bond acceptors (Lipinski definition) is 3. The maximum absolute atomic E-state index is 13.1. The van der Waals surface area contributed by atoms with Gasteiger partial charge in [0.05, 0.1) is 5.56 Å². The second kappa shape index (κ2) is 8.38. The Morgan fingerprint density at radius 3 is 1.89 bits per heavy atom. The molecule has 0 saturated carbocycles. The Kier molecular flexibility index (Phi) is 5.93. The first-order chi connectivity index (χ1) is 13.4. The standard InChI is InChI=1S/C23H26N2O3/c1-16(2)22(27)24-12-14-25(15-13-24)23(28)20-7-5-4-6-19(20)21(26)18-10-8-17(3)9-11-18/h4-11,16H,12-15H2,1-3H3. The minimum atomic E-state index is -0.160. The lowest BCUT2D eigenvalue weighted by molar-refractivity contribution is -0.135. The van der Waals surface area contributed by atoms with Crippen LogP contribution in [0.3, 0.4) is 0 Å². The van der Waals surface area contributed by atoms with Gasteiger partial charge in [-0.15, -0.1) is 0 Å². The molecule has 1 aliphatic rings. The number of hydrogen-bond donors (Lipinski definition) is 0. The second-order valence-corrected chi connectivity index (χ2v) is 7.51. The van der Waals surface area contributed by atoms with Gasteiger partial charge in [-0.25, -0.2) is 0 Å². The van der Waals surface area contributed by atoms with Crippen LogP contribution in [0.5, 0.6) is 0 Å². The minimum absolute atomic E-state index is 0.0462. The molecule has 2 amide bonds. The summed E-state index contributed by atoms with van der Waals surface area (Å²) in [7, 11) is 0. The van der Waals surface area contributed by atoms with Crippen LogP contribution in [-0.2, 0) is 4.79 Å². The van der Waals surface area contributed by atoms with E-state index in [1.807, 2.05) is 32.9 Å². The van der Waals surface area contributed by atoms with Crippen molar-refractivity contribution in [1.29, 1.82) is 0 Å². The summed E-state index contributed by atoms with van der Waals surface area (Å²) in [6.07, 6.45) is 0. The summed E-state index contributed by atoms with van der Waals surface area (Å²) in [6, 6.07) is 14.3. The molecule has 3 rings (SSSR count). The normalized spacial score (nSPS) is 14.3. The van der Waals surface area contributed by atoms with Gasteiger partial charge in [-0.05, 0) is 13.0 Å². The van der Waals surface area contributed by atoms with Gasteiger partial charge in [0, 0.05) is 43.2 Å². The van der Waals surface area contributed by atoms with Crippen molar-refractivity contribution < 1.29 is 14.4 Å². The predicted molar refractivity (Wildman–Crippen MR) is 108 cm³/mol. The largest absolute Gasteiger partial charge is 0.339 e. The lowest BCUT2D eigenvalue weighted by Gasteiger charge is -2.35. The molecule has 0 N–H and O–H groups in total. The van der Waals surface area contributed by atoms with Crippen LogP contribution in [0, 0.1) is 12.8 Å². The highest BCUT2D eigenvalue weighted by Crippen LogP contribution is 2.18. The zero-order valence-electron chi connectivity index (χ0n) is 16.6. The Hall–Kier alpha value is -2.95. The Morgan fingerprint density at radius 2 is 1.32 bits per heavy atom. The average Bonchev–Trinajstić information content (AvgIpc) is 2.72. The third-order valence-corrected chi connectivity index (χ3v) is 5.09. The van der Waals surface area contributed by atoms with Gasteiger partial charge >= 0.3 is 0 Å². The molecule has 1 aliphatic heterocycles. The van der Waals surface area contributed by atoms with Crippen molar-refractivity contribution in [3.05, 3.63) is 70.8 Å². The molecule has 0 unspecified atom stereocenters. The fraction of sp³-hybridized carbons (Fsp3) is 0.348. The van der Waals surface area contributed by atoms with Gasteiger partial charge in [-0.3, -0.25) is 14.4 Å². The zero-order valence-corrected chi connectivity index (χ0v) is 16.6. The molecular formula is C23H26N2O3. The monoisotopic (exact) mass is 378 g/mol. The van der Waals surface area contributed by atoms with Crippen LogP contribution in [0.1, 0.15) is 45.7 Å². The number of benzene rings is 2. The fourth-order valence-corrected chi connectivity index (χ4v) is 3.39. The van der Waals surface area contributed by atoms with Crippen molar-refractivity contribution in [2.24, 2.45) is 5.92 Å². The van der Waals surface area contributed by atoms with Crippen molar-refractivity contribution in [2.75, 3.05) is 26.2 Å². The van der Waals surface area contributed by atoms with E-state index in [-0.39, 0.29) is 23.5 Å². The van der Waals surface area contributed by atoms with Gasteiger partial charge in [-0.2, -0.15) is 0 Å². The van der Waals surface area contributed by atoms with E-state index in [9.17, 15) is 14.4 Å². The highest BCUT2D eigenvalue weighted by Gasteiger charge is 2.28. The molecule has 1 fully saturated rings. The van der Waals surface area contributed by atoms with Crippen molar-refractivity contribution in [3.8, 4) is 0 Å². The second-order valence-electron chi connectivity index (χ2n) is 7.51. The van der Waals surface area contributed by atoms with Gasteiger partial charge in [0.25, 0.3) is 5.91 Å². The predicted octanol–water partition coefficient (Wildman–Crippen LogP) is 3.17. The number of aryl methyl sites for hydroxylation is 1. The highest BCUT2D eigenvalue weighted by atomic mass is 16.2. The molecule has 0 spiro atoms. The van der Waals surface area contributed by atoms with Gasteiger partial charge < -0.3 is 9.80 Å². The molecule has 2 aromatic rings. The number of carbonyl (C=O) groups is 3.